The first-order valence-electron chi connectivity index (χ1n) is 10.1. The highest BCUT2D eigenvalue weighted by atomic mass is 16.6. The summed E-state index contributed by atoms with van der Waals surface area (Å²) in [6.45, 7) is 7.05. The lowest BCUT2D eigenvalue weighted by molar-refractivity contribution is -0.155. The van der Waals surface area contributed by atoms with Crippen molar-refractivity contribution in [1.82, 2.24) is 5.32 Å². The predicted octanol–water partition coefficient (Wildman–Crippen LogP) is 4.50. The molecular formula is C25H27NO4. The molecule has 0 heterocycles. The van der Waals surface area contributed by atoms with E-state index in [4.69, 9.17) is 15.9 Å². The summed E-state index contributed by atoms with van der Waals surface area (Å²) in [7, 11) is 0. The molecule has 0 aromatic heterocycles. The number of terminal acetylenes is 1. The van der Waals surface area contributed by atoms with Gasteiger partial charge in [0.05, 0.1) is 0 Å². The van der Waals surface area contributed by atoms with E-state index in [0.29, 0.717) is 0 Å². The van der Waals surface area contributed by atoms with Crippen molar-refractivity contribution in [2.75, 3.05) is 6.61 Å². The van der Waals surface area contributed by atoms with Crippen molar-refractivity contribution in [3.8, 4) is 23.5 Å². The van der Waals surface area contributed by atoms with Crippen LogP contribution in [-0.2, 0) is 14.3 Å². The van der Waals surface area contributed by atoms with E-state index in [0.717, 1.165) is 22.3 Å². The number of alkyl carbamates (subject to hydrolysis) is 1. The van der Waals surface area contributed by atoms with E-state index >= 15 is 0 Å². The van der Waals surface area contributed by atoms with Crippen molar-refractivity contribution >= 4 is 12.1 Å². The van der Waals surface area contributed by atoms with E-state index < -0.39 is 23.7 Å². The minimum Gasteiger partial charge on any atom is -0.449 e. The maximum atomic E-state index is 12.5. The molecule has 2 aromatic carbocycles. The molecule has 0 fully saturated rings. The molecule has 1 aliphatic rings. The Labute approximate surface area is 177 Å². The van der Waals surface area contributed by atoms with Gasteiger partial charge < -0.3 is 14.8 Å². The van der Waals surface area contributed by atoms with Gasteiger partial charge in [-0.25, -0.2) is 9.59 Å². The average molecular weight is 405 g/mol. The summed E-state index contributed by atoms with van der Waals surface area (Å²) in [5.41, 5.74) is 3.52. The van der Waals surface area contributed by atoms with Gasteiger partial charge >= 0.3 is 12.1 Å². The van der Waals surface area contributed by atoms with E-state index in [1.165, 1.54) is 0 Å². The number of carbonyl (C=O) groups is 2. The van der Waals surface area contributed by atoms with Gasteiger partial charge in [0.25, 0.3) is 0 Å². The summed E-state index contributed by atoms with van der Waals surface area (Å²) in [6.07, 6.45) is 4.73. The Bertz CT molecular complexity index is 941. The number of ether oxygens (including phenoxy) is 2. The van der Waals surface area contributed by atoms with Crippen molar-refractivity contribution in [1.29, 1.82) is 0 Å². The number of amides is 1. The third kappa shape index (κ3) is 4.49. The van der Waals surface area contributed by atoms with E-state index in [1.54, 1.807) is 13.8 Å². The largest absolute Gasteiger partial charge is 0.449 e. The van der Waals surface area contributed by atoms with Crippen LogP contribution in [0.25, 0.3) is 11.1 Å². The van der Waals surface area contributed by atoms with Crippen LogP contribution < -0.4 is 5.32 Å². The first-order valence-corrected chi connectivity index (χ1v) is 10.1. The van der Waals surface area contributed by atoms with E-state index in [9.17, 15) is 9.59 Å². The van der Waals surface area contributed by atoms with Crippen LogP contribution in [0.1, 0.15) is 44.7 Å². The van der Waals surface area contributed by atoms with Crippen LogP contribution in [0.4, 0.5) is 4.79 Å². The molecule has 0 spiro atoms. The molecule has 1 atom stereocenters. The molecular weight excluding hydrogens is 378 g/mol. The van der Waals surface area contributed by atoms with Crippen LogP contribution in [0.3, 0.4) is 0 Å². The molecule has 30 heavy (non-hydrogen) atoms. The van der Waals surface area contributed by atoms with Gasteiger partial charge in [0, 0.05) is 5.92 Å². The minimum atomic E-state index is -1.05. The van der Waals surface area contributed by atoms with Crippen molar-refractivity contribution in [3.63, 3.8) is 0 Å². The SMILES string of the molecule is C#CC(C)(C)OC(=O)[C@@H](NC(=O)OCC1c2ccccc2-c2ccccc21)C(C)C. The topological polar surface area (TPSA) is 64.6 Å². The minimum absolute atomic E-state index is 0.0482. The number of hydrogen-bond acceptors (Lipinski definition) is 4. The zero-order valence-electron chi connectivity index (χ0n) is 17.8. The summed E-state index contributed by atoms with van der Waals surface area (Å²) >= 11 is 0. The van der Waals surface area contributed by atoms with E-state index in [1.807, 2.05) is 38.1 Å². The highest BCUT2D eigenvalue weighted by molar-refractivity contribution is 5.82. The molecule has 0 aliphatic heterocycles. The van der Waals surface area contributed by atoms with Gasteiger partial charge in [0.15, 0.2) is 5.60 Å². The average Bonchev–Trinajstić information content (AvgIpc) is 3.03. The smallest absolute Gasteiger partial charge is 0.407 e. The van der Waals surface area contributed by atoms with Gasteiger partial charge in [0.1, 0.15) is 12.6 Å². The Kier molecular flexibility index (Phi) is 6.17. The fourth-order valence-electron chi connectivity index (χ4n) is 3.61. The van der Waals surface area contributed by atoms with Crippen molar-refractivity contribution in [3.05, 3.63) is 59.7 Å². The standard InChI is InChI=1S/C25H27NO4/c1-6-25(4,5)30-23(27)22(16(2)3)26-24(28)29-15-21-19-13-9-7-11-17(19)18-12-8-10-14-20(18)21/h1,7-14,16,21-22H,15H2,2-5H3,(H,26,28)/t22-/m0/s1. The monoisotopic (exact) mass is 405 g/mol. The maximum Gasteiger partial charge on any atom is 0.407 e. The second kappa shape index (κ2) is 8.62. The van der Waals surface area contributed by atoms with Gasteiger partial charge in [-0.1, -0.05) is 68.3 Å². The Hall–Kier alpha value is -3.26. The molecule has 0 bridgehead atoms. The molecule has 1 N–H and O–H groups in total. The molecule has 0 saturated carbocycles. The first-order chi connectivity index (χ1) is 14.2. The Balaban J connectivity index is 1.68. The summed E-state index contributed by atoms with van der Waals surface area (Å²) in [5, 5.41) is 2.63. The molecule has 0 radical (unpaired) electrons. The summed E-state index contributed by atoms with van der Waals surface area (Å²) < 4.78 is 10.9. The summed E-state index contributed by atoms with van der Waals surface area (Å²) in [5.74, 6) is 1.59. The fraction of sp³-hybridized carbons (Fsp3) is 0.360. The molecule has 5 nitrogen and oxygen atoms in total. The highest BCUT2D eigenvalue weighted by Gasteiger charge is 2.32. The Morgan fingerprint density at radius 2 is 1.60 bits per heavy atom. The van der Waals surface area contributed by atoms with Crippen LogP contribution in [-0.4, -0.2) is 30.3 Å². The zero-order chi connectivity index (χ0) is 21.9. The molecule has 0 saturated heterocycles. The molecule has 3 rings (SSSR count). The van der Waals surface area contributed by atoms with Crippen LogP contribution in [0.5, 0.6) is 0 Å². The quantitative estimate of drug-likeness (QED) is 0.568. The van der Waals surface area contributed by atoms with Crippen LogP contribution >= 0.6 is 0 Å². The number of esters is 1. The second-order valence-electron chi connectivity index (χ2n) is 8.27. The molecule has 1 aliphatic carbocycles. The van der Waals surface area contributed by atoms with Gasteiger partial charge in [-0.05, 0) is 42.0 Å². The summed E-state index contributed by atoms with van der Waals surface area (Å²) in [6, 6.07) is 15.4. The van der Waals surface area contributed by atoms with Gasteiger partial charge in [0.2, 0.25) is 0 Å². The normalized spacial score (nSPS) is 13.7. The number of carbonyl (C=O) groups excluding carboxylic acids is 2. The first kappa shape index (κ1) is 21.4. The number of rotatable bonds is 6. The molecule has 1 amide bonds. The fourth-order valence-corrected chi connectivity index (χ4v) is 3.61. The number of hydrogen-bond donors (Lipinski definition) is 1. The number of benzene rings is 2. The van der Waals surface area contributed by atoms with Crippen LogP contribution in [0.2, 0.25) is 0 Å². The molecule has 2 aromatic rings. The maximum absolute atomic E-state index is 12.5. The Morgan fingerprint density at radius 3 is 2.10 bits per heavy atom. The Morgan fingerprint density at radius 1 is 1.07 bits per heavy atom. The van der Waals surface area contributed by atoms with Gasteiger partial charge in [-0.3, -0.25) is 0 Å². The molecule has 156 valence electrons. The third-order valence-electron chi connectivity index (χ3n) is 5.24. The van der Waals surface area contributed by atoms with Crippen molar-refractivity contribution in [2.24, 2.45) is 5.92 Å². The highest BCUT2D eigenvalue weighted by Crippen LogP contribution is 2.44. The van der Waals surface area contributed by atoms with Crippen molar-refractivity contribution in [2.45, 2.75) is 45.3 Å². The predicted molar refractivity (Wildman–Crippen MR) is 116 cm³/mol. The number of fused-ring (bicyclic) bond motifs is 3. The van der Waals surface area contributed by atoms with Crippen molar-refractivity contribution < 1.29 is 19.1 Å². The molecule has 0 unspecified atom stereocenters. The third-order valence-corrected chi connectivity index (χ3v) is 5.24. The van der Waals surface area contributed by atoms with Crippen LogP contribution in [0.15, 0.2) is 48.5 Å². The lowest BCUT2D eigenvalue weighted by atomic mass is 9.98. The van der Waals surface area contributed by atoms with Gasteiger partial charge in [-0.15, -0.1) is 6.42 Å². The lowest BCUT2D eigenvalue weighted by Crippen LogP contribution is -2.47. The van der Waals surface area contributed by atoms with Gasteiger partial charge in [-0.2, -0.15) is 0 Å². The second-order valence-corrected chi connectivity index (χ2v) is 8.27. The lowest BCUT2D eigenvalue weighted by Gasteiger charge is -2.26. The zero-order valence-corrected chi connectivity index (χ0v) is 17.8. The summed E-state index contributed by atoms with van der Waals surface area (Å²) in [4.78, 5) is 25.0. The number of nitrogens with one attached hydrogen (secondary N) is 1. The molecule has 5 heteroatoms. The van der Waals surface area contributed by atoms with E-state index in [2.05, 4.69) is 35.5 Å². The van der Waals surface area contributed by atoms with E-state index in [-0.39, 0.29) is 18.4 Å². The van der Waals surface area contributed by atoms with Crippen LogP contribution in [0, 0.1) is 18.3 Å².